The number of hydrogen-bond donors (Lipinski definition) is 0. The SMILES string of the molecule is F.O=C(C=S)c1ccccc1. The van der Waals surface area contributed by atoms with Crippen LogP contribution in [0.4, 0.5) is 4.70 Å². The summed E-state index contributed by atoms with van der Waals surface area (Å²) >= 11 is 4.48. The van der Waals surface area contributed by atoms with Crippen LogP contribution in [0.1, 0.15) is 10.4 Å². The lowest BCUT2D eigenvalue weighted by molar-refractivity contribution is 0.107. The van der Waals surface area contributed by atoms with Crippen molar-refractivity contribution in [2.45, 2.75) is 0 Å². The van der Waals surface area contributed by atoms with Gasteiger partial charge in [0.05, 0.1) is 0 Å². The van der Waals surface area contributed by atoms with Gasteiger partial charge in [-0.15, -0.1) is 0 Å². The Hall–Kier alpha value is -1.09. The smallest absolute Gasteiger partial charge is 0.196 e. The zero-order valence-corrected chi connectivity index (χ0v) is 6.51. The molecule has 0 atom stereocenters. The van der Waals surface area contributed by atoms with Gasteiger partial charge in [0.25, 0.3) is 0 Å². The molecule has 0 aliphatic rings. The summed E-state index contributed by atoms with van der Waals surface area (Å²) in [6.45, 7) is 0. The second-order valence-corrected chi connectivity index (χ2v) is 2.08. The van der Waals surface area contributed by atoms with Crippen LogP contribution in [0.3, 0.4) is 0 Å². The lowest BCUT2D eigenvalue weighted by Gasteiger charge is -1.89. The molecular weight excluding hydrogens is 163 g/mol. The van der Waals surface area contributed by atoms with Crippen molar-refractivity contribution in [3.63, 3.8) is 0 Å². The number of thiocarbonyl (C=S) groups is 1. The van der Waals surface area contributed by atoms with Gasteiger partial charge in [-0.2, -0.15) is 0 Å². The summed E-state index contributed by atoms with van der Waals surface area (Å²) in [6, 6.07) is 8.97. The highest BCUT2D eigenvalue weighted by Gasteiger charge is 1.96. The van der Waals surface area contributed by atoms with Crippen molar-refractivity contribution in [1.29, 1.82) is 0 Å². The van der Waals surface area contributed by atoms with Crippen LogP contribution in [0, 0.1) is 0 Å². The Morgan fingerprint density at radius 3 is 2.27 bits per heavy atom. The van der Waals surface area contributed by atoms with E-state index in [9.17, 15) is 4.79 Å². The third-order valence-corrected chi connectivity index (χ3v) is 1.38. The van der Waals surface area contributed by atoms with Crippen LogP contribution >= 0.6 is 12.2 Å². The monoisotopic (exact) mass is 170 g/mol. The summed E-state index contributed by atoms with van der Waals surface area (Å²) in [7, 11) is 0. The highest BCUT2D eigenvalue weighted by Crippen LogP contribution is 1.97. The van der Waals surface area contributed by atoms with Crippen molar-refractivity contribution in [2.24, 2.45) is 0 Å². The quantitative estimate of drug-likeness (QED) is 0.499. The van der Waals surface area contributed by atoms with E-state index in [1.165, 1.54) is 0 Å². The first-order valence-electron chi connectivity index (χ1n) is 2.89. The number of halogens is 1. The Labute approximate surface area is 69.4 Å². The van der Waals surface area contributed by atoms with Gasteiger partial charge in [0.15, 0.2) is 5.78 Å². The molecule has 0 spiro atoms. The van der Waals surface area contributed by atoms with Crippen molar-refractivity contribution in [1.82, 2.24) is 0 Å². The fraction of sp³-hybridized carbons (Fsp3) is 0. The van der Waals surface area contributed by atoms with Gasteiger partial charge >= 0.3 is 0 Å². The Morgan fingerprint density at radius 1 is 1.27 bits per heavy atom. The third kappa shape index (κ3) is 2.55. The van der Waals surface area contributed by atoms with Gasteiger partial charge in [0.2, 0.25) is 0 Å². The number of carbonyl (C=O) groups excluding carboxylic acids is 1. The van der Waals surface area contributed by atoms with E-state index in [2.05, 4.69) is 12.2 Å². The van der Waals surface area contributed by atoms with E-state index < -0.39 is 0 Å². The molecular formula is C8H7FOS. The molecule has 0 saturated carbocycles. The maximum Gasteiger partial charge on any atom is 0.196 e. The zero-order chi connectivity index (χ0) is 7.40. The van der Waals surface area contributed by atoms with E-state index in [0.29, 0.717) is 5.56 Å². The first-order chi connectivity index (χ1) is 4.84. The minimum atomic E-state index is -0.101. The van der Waals surface area contributed by atoms with E-state index >= 15 is 0 Å². The molecule has 1 aromatic carbocycles. The van der Waals surface area contributed by atoms with Crippen molar-refractivity contribution in [2.75, 3.05) is 0 Å². The first kappa shape index (κ1) is 9.91. The largest absolute Gasteiger partial charge is 0.288 e. The lowest BCUT2D eigenvalue weighted by Crippen LogP contribution is -1.96. The minimum Gasteiger partial charge on any atom is -0.288 e. The summed E-state index contributed by atoms with van der Waals surface area (Å²) in [5, 5.41) is 1.15. The maximum atomic E-state index is 10.9. The van der Waals surface area contributed by atoms with Crippen LogP contribution in [-0.4, -0.2) is 11.2 Å². The first-order valence-corrected chi connectivity index (χ1v) is 3.36. The second kappa shape index (κ2) is 4.68. The van der Waals surface area contributed by atoms with Gasteiger partial charge in [-0.3, -0.25) is 9.50 Å². The van der Waals surface area contributed by atoms with Gasteiger partial charge in [-0.1, -0.05) is 42.5 Å². The molecule has 0 aliphatic heterocycles. The molecule has 58 valence electrons. The normalized spacial score (nSPS) is 8.00. The number of rotatable bonds is 2. The fourth-order valence-electron chi connectivity index (χ4n) is 0.670. The molecule has 11 heavy (non-hydrogen) atoms. The van der Waals surface area contributed by atoms with Crippen LogP contribution in [0.25, 0.3) is 0 Å². The van der Waals surface area contributed by atoms with Gasteiger partial charge in [0.1, 0.15) is 0 Å². The summed E-state index contributed by atoms with van der Waals surface area (Å²) in [5.41, 5.74) is 0.650. The highest BCUT2D eigenvalue weighted by molar-refractivity contribution is 7.80. The van der Waals surface area contributed by atoms with E-state index in [0.717, 1.165) is 5.37 Å². The molecule has 0 saturated heterocycles. The summed E-state index contributed by atoms with van der Waals surface area (Å²) < 4.78 is 0. The van der Waals surface area contributed by atoms with Crippen LogP contribution < -0.4 is 0 Å². The Kier molecular flexibility index (Phi) is 4.22. The maximum absolute atomic E-state index is 10.9. The van der Waals surface area contributed by atoms with E-state index in [4.69, 9.17) is 0 Å². The molecule has 1 rings (SSSR count). The summed E-state index contributed by atoms with van der Waals surface area (Å²) in [6.07, 6.45) is 0. The molecule has 1 nitrogen and oxygen atoms in total. The van der Waals surface area contributed by atoms with E-state index in [-0.39, 0.29) is 10.5 Å². The van der Waals surface area contributed by atoms with Gasteiger partial charge in [-0.05, 0) is 0 Å². The lowest BCUT2D eigenvalue weighted by atomic mass is 10.2. The predicted octanol–water partition coefficient (Wildman–Crippen LogP) is 2.02. The molecule has 0 amide bonds. The second-order valence-electron chi connectivity index (χ2n) is 1.85. The molecule has 0 aliphatic carbocycles. The molecule has 0 fully saturated rings. The van der Waals surface area contributed by atoms with E-state index in [1.807, 2.05) is 18.2 Å². The molecule has 0 bridgehead atoms. The molecule has 0 unspecified atom stereocenters. The number of Topliss-reactive ketones (excluding diaryl/α,β-unsaturated/α-hetero) is 1. The molecule has 0 aromatic heterocycles. The minimum absolute atomic E-state index is 0. The highest BCUT2D eigenvalue weighted by atomic mass is 32.1. The van der Waals surface area contributed by atoms with Crippen molar-refractivity contribution >= 4 is 23.4 Å². The summed E-state index contributed by atoms with van der Waals surface area (Å²) in [4.78, 5) is 10.9. The van der Waals surface area contributed by atoms with Crippen molar-refractivity contribution in [3.05, 3.63) is 35.9 Å². The fourth-order valence-corrected chi connectivity index (χ4v) is 0.807. The summed E-state index contributed by atoms with van der Waals surface area (Å²) in [5.74, 6) is -0.101. The number of benzene rings is 1. The van der Waals surface area contributed by atoms with Crippen LogP contribution in [0.5, 0.6) is 0 Å². The van der Waals surface area contributed by atoms with Gasteiger partial charge in [0, 0.05) is 10.9 Å². The average Bonchev–Trinajstić information content (AvgIpc) is 2.05. The number of hydrogen-bond acceptors (Lipinski definition) is 2. The zero-order valence-electron chi connectivity index (χ0n) is 5.69. The van der Waals surface area contributed by atoms with Crippen molar-refractivity contribution in [3.8, 4) is 0 Å². The molecule has 1 aromatic rings. The van der Waals surface area contributed by atoms with Gasteiger partial charge < -0.3 is 0 Å². The van der Waals surface area contributed by atoms with Crippen LogP contribution in [-0.2, 0) is 0 Å². The Bertz CT molecular complexity index is 246. The van der Waals surface area contributed by atoms with Gasteiger partial charge in [-0.25, -0.2) is 0 Å². The topological polar surface area (TPSA) is 17.1 Å². The number of carbonyl (C=O) groups is 1. The predicted molar refractivity (Wildman–Crippen MR) is 46.9 cm³/mol. The molecule has 3 heteroatoms. The average molecular weight is 170 g/mol. The Balaban J connectivity index is 0.000001000. The van der Waals surface area contributed by atoms with Crippen molar-refractivity contribution < 1.29 is 9.50 Å². The van der Waals surface area contributed by atoms with Crippen LogP contribution in [0.2, 0.25) is 0 Å². The molecule has 0 heterocycles. The van der Waals surface area contributed by atoms with E-state index in [1.54, 1.807) is 12.1 Å². The molecule has 0 N–H and O–H groups in total. The third-order valence-electron chi connectivity index (χ3n) is 1.17. The standard InChI is InChI=1S/C8H6OS.FH/c9-8(6-10)7-4-2-1-3-5-7;/h1-6H;1H. The number of ketones is 1. The molecule has 0 radical (unpaired) electrons. The Morgan fingerprint density at radius 2 is 1.82 bits per heavy atom. The van der Waals surface area contributed by atoms with Crippen LogP contribution in [0.15, 0.2) is 30.3 Å².